The Balaban J connectivity index is 1.70. The van der Waals surface area contributed by atoms with Crippen LogP contribution in [0.3, 0.4) is 0 Å². The zero-order chi connectivity index (χ0) is 21.1. The summed E-state index contributed by atoms with van der Waals surface area (Å²) in [6.07, 6.45) is 3.15. The number of hydrogen-bond acceptors (Lipinski definition) is 5. The van der Waals surface area contributed by atoms with Gasteiger partial charge in [-0.2, -0.15) is 0 Å². The predicted octanol–water partition coefficient (Wildman–Crippen LogP) is 2.61. The van der Waals surface area contributed by atoms with E-state index in [1.165, 1.54) is 10.0 Å². The van der Waals surface area contributed by atoms with Crippen LogP contribution >= 0.6 is 0 Å². The molecule has 0 bridgehead atoms. The average Bonchev–Trinajstić information content (AvgIpc) is 3.21. The Kier molecular flexibility index (Phi) is 6.06. The summed E-state index contributed by atoms with van der Waals surface area (Å²) in [5.74, 6) is 0. The summed E-state index contributed by atoms with van der Waals surface area (Å²) in [7, 11) is -3.71. The third kappa shape index (κ3) is 3.94. The highest BCUT2D eigenvalue weighted by Crippen LogP contribution is 2.30. The molecule has 0 aliphatic carbocycles. The van der Waals surface area contributed by atoms with Gasteiger partial charge >= 0.3 is 0 Å². The van der Waals surface area contributed by atoms with Gasteiger partial charge in [-0.3, -0.25) is 4.90 Å². The van der Waals surface area contributed by atoms with Crippen LogP contribution < -0.4 is 11.1 Å². The van der Waals surface area contributed by atoms with E-state index in [1.54, 1.807) is 6.20 Å². The first-order valence-electron chi connectivity index (χ1n) is 10.2. The van der Waals surface area contributed by atoms with Gasteiger partial charge < -0.3 is 11.1 Å². The molecule has 6 nitrogen and oxygen atoms in total. The van der Waals surface area contributed by atoms with Gasteiger partial charge in [-0.05, 0) is 28.8 Å². The molecule has 4 rings (SSSR count). The van der Waals surface area contributed by atoms with E-state index in [0.29, 0.717) is 17.6 Å². The number of fused-ring (bicyclic) bond motifs is 1. The van der Waals surface area contributed by atoms with Gasteiger partial charge in [-0.15, -0.1) is 6.58 Å². The molecule has 0 spiro atoms. The predicted molar refractivity (Wildman–Crippen MR) is 122 cm³/mol. The molecular formula is C23H28N4O2S. The minimum absolute atomic E-state index is 0.421. The van der Waals surface area contributed by atoms with Crippen LogP contribution in [-0.2, 0) is 23.1 Å². The number of rotatable bonds is 7. The Morgan fingerprint density at radius 3 is 2.50 bits per heavy atom. The minimum Gasteiger partial charge on any atom is -0.326 e. The van der Waals surface area contributed by atoms with Crippen molar-refractivity contribution >= 4 is 20.9 Å². The fraction of sp³-hybridized carbons (Fsp3) is 0.304. The summed E-state index contributed by atoms with van der Waals surface area (Å²) in [6.45, 7) is 8.98. The second-order valence-electron chi connectivity index (χ2n) is 7.63. The molecule has 2 aromatic carbocycles. The number of nitrogens with zero attached hydrogens (tertiary/aromatic N) is 2. The molecule has 0 radical (unpaired) electrons. The summed E-state index contributed by atoms with van der Waals surface area (Å²) < 4.78 is 28.5. The second kappa shape index (κ2) is 8.73. The lowest BCUT2D eigenvalue weighted by Crippen LogP contribution is -2.42. The average molecular weight is 425 g/mol. The van der Waals surface area contributed by atoms with E-state index in [9.17, 15) is 8.42 Å². The molecule has 1 atom stereocenters. The lowest BCUT2D eigenvalue weighted by Gasteiger charge is -2.27. The molecule has 7 heteroatoms. The highest BCUT2D eigenvalue weighted by atomic mass is 32.2. The summed E-state index contributed by atoms with van der Waals surface area (Å²) in [5, 5.41) is 3.50. The molecule has 1 aliphatic heterocycles. The van der Waals surface area contributed by atoms with Crippen LogP contribution in [0.5, 0.6) is 0 Å². The fourth-order valence-corrected chi connectivity index (χ4v) is 5.72. The number of nitrogens with one attached hydrogen (secondary N) is 1. The van der Waals surface area contributed by atoms with Crippen molar-refractivity contribution in [2.75, 3.05) is 26.2 Å². The Morgan fingerprint density at radius 2 is 1.83 bits per heavy atom. The summed E-state index contributed by atoms with van der Waals surface area (Å²) in [6, 6.07) is 15.1. The highest BCUT2D eigenvalue weighted by Gasteiger charge is 2.27. The maximum absolute atomic E-state index is 13.5. The maximum atomic E-state index is 13.5. The molecule has 2 heterocycles. The third-order valence-corrected chi connectivity index (χ3v) is 7.72. The van der Waals surface area contributed by atoms with Crippen molar-refractivity contribution in [3.05, 3.63) is 84.1 Å². The third-order valence-electron chi connectivity index (χ3n) is 5.74. The van der Waals surface area contributed by atoms with Gasteiger partial charge in [0, 0.05) is 50.9 Å². The molecule has 1 aliphatic rings. The molecule has 1 aromatic heterocycles. The molecule has 30 heavy (non-hydrogen) atoms. The van der Waals surface area contributed by atoms with Gasteiger partial charge in [0.1, 0.15) is 5.25 Å². The van der Waals surface area contributed by atoms with Crippen LogP contribution in [0, 0.1) is 0 Å². The molecule has 1 fully saturated rings. The van der Waals surface area contributed by atoms with E-state index < -0.39 is 15.3 Å². The van der Waals surface area contributed by atoms with Crippen LogP contribution in [0.15, 0.2) is 67.4 Å². The van der Waals surface area contributed by atoms with E-state index in [0.717, 1.165) is 49.2 Å². The first-order chi connectivity index (χ1) is 14.5. The van der Waals surface area contributed by atoms with Gasteiger partial charge in [0.2, 0.25) is 10.0 Å². The van der Waals surface area contributed by atoms with E-state index >= 15 is 0 Å². The van der Waals surface area contributed by atoms with Crippen molar-refractivity contribution in [1.82, 2.24) is 14.2 Å². The zero-order valence-electron chi connectivity index (χ0n) is 17.0. The molecule has 0 saturated carbocycles. The zero-order valence-corrected chi connectivity index (χ0v) is 17.8. The summed E-state index contributed by atoms with van der Waals surface area (Å²) in [5.41, 5.74) is 9.15. The Hall–Kier alpha value is -2.45. The van der Waals surface area contributed by atoms with E-state index in [2.05, 4.69) is 22.9 Å². The smallest absolute Gasteiger partial charge is 0.249 e. The van der Waals surface area contributed by atoms with Crippen LogP contribution in [0.25, 0.3) is 10.9 Å². The Labute approximate surface area is 178 Å². The van der Waals surface area contributed by atoms with Crippen molar-refractivity contribution in [3.8, 4) is 0 Å². The largest absolute Gasteiger partial charge is 0.326 e. The molecule has 1 unspecified atom stereocenters. The lowest BCUT2D eigenvalue weighted by molar-refractivity contribution is 0.234. The molecule has 1 saturated heterocycles. The van der Waals surface area contributed by atoms with Crippen molar-refractivity contribution in [1.29, 1.82) is 0 Å². The number of aromatic nitrogens is 1. The molecule has 3 N–H and O–H groups in total. The van der Waals surface area contributed by atoms with Crippen molar-refractivity contribution in [2.45, 2.75) is 18.3 Å². The van der Waals surface area contributed by atoms with Crippen LogP contribution in [0.2, 0.25) is 0 Å². The van der Waals surface area contributed by atoms with E-state index in [-0.39, 0.29) is 0 Å². The van der Waals surface area contributed by atoms with E-state index in [1.807, 2.05) is 42.5 Å². The first-order valence-corrected chi connectivity index (χ1v) is 11.7. The SMILES string of the molecule is C=CC(c1ccc(CN)cc1)S(=O)(=O)n1ccc2c(CN3CCNCC3)cccc21. The van der Waals surface area contributed by atoms with Gasteiger partial charge in [0.15, 0.2) is 0 Å². The van der Waals surface area contributed by atoms with Crippen LogP contribution in [0.1, 0.15) is 21.9 Å². The summed E-state index contributed by atoms with van der Waals surface area (Å²) in [4.78, 5) is 2.39. The molecular weight excluding hydrogens is 396 g/mol. The van der Waals surface area contributed by atoms with Gasteiger partial charge in [-0.1, -0.05) is 42.5 Å². The Bertz CT molecular complexity index is 1130. The molecule has 0 amide bonds. The minimum atomic E-state index is -3.71. The Morgan fingerprint density at radius 1 is 1.10 bits per heavy atom. The molecule has 158 valence electrons. The number of nitrogens with two attached hydrogens (primary N) is 1. The summed E-state index contributed by atoms with van der Waals surface area (Å²) >= 11 is 0. The van der Waals surface area contributed by atoms with Crippen molar-refractivity contribution < 1.29 is 8.42 Å². The quantitative estimate of drug-likeness (QED) is 0.570. The van der Waals surface area contributed by atoms with Crippen LogP contribution in [-0.4, -0.2) is 43.5 Å². The second-order valence-corrected chi connectivity index (χ2v) is 9.57. The maximum Gasteiger partial charge on any atom is 0.249 e. The number of benzene rings is 2. The molecule has 3 aromatic rings. The van der Waals surface area contributed by atoms with Gasteiger partial charge in [0.05, 0.1) is 5.52 Å². The monoisotopic (exact) mass is 424 g/mol. The first kappa shape index (κ1) is 20.8. The van der Waals surface area contributed by atoms with Crippen molar-refractivity contribution in [2.24, 2.45) is 5.73 Å². The lowest BCUT2D eigenvalue weighted by atomic mass is 10.1. The van der Waals surface area contributed by atoms with E-state index in [4.69, 9.17) is 5.73 Å². The number of piperazine rings is 1. The highest BCUT2D eigenvalue weighted by molar-refractivity contribution is 7.90. The van der Waals surface area contributed by atoms with Gasteiger partial charge in [-0.25, -0.2) is 12.4 Å². The fourth-order valence-electron chi connectivity index (χ4n) is 4.07. The van der Waals surface area contributed by atoms with Gasteiger partial charge in [0.25, 0.3) is 0 Å². The topological polar surface area (TPSA) is 80.4 Å². The normalized spacial score (nSPS) is 16.6. The standard InChI is InChI=1S/C23H28N4O2S/c1-2-23(19-8-6-18(16-24)7-9-19)30(28,29)27-13-10-21-20(4-3-5-22(21)27)17-26-14-11-25-12-15-26/h2-10,13,23,25H,1,11-12,14-17,24H2. The van der Waals surface area contributed by atoms with Crippen LogP contribution in [0.4, 0.5) is 0 Å². The number of hydrogen-bond donors (Lipinski definition) is 2. The van der Waals surface area contributed by atoms with Crippen molar-refractivity contribution in [3.63, 3.8) is 0 Å².